The van der Waals surface area contributed by atoms with Gasteiger partial charge < -0.3 is 4.74 Å². The fourth-order valence-corrected chi connectivity index (χ4v) is 5.04. The van der Waals surface area contributed by atoms with Crippen molar-refractivity contribution in [1.82, 2.24) is 4.72 Å². The van der Waals surface area contributed by atoms with Crippen molar-refractivity contribution in [3.63, 3.8) is 0 Å². The summed E-state index contributed by atoms with van der Waals surface area (Å²) in [5, 5.41) is 0. The van der Waals surface area contributed by atoms with Crippen LogP contribution >= 0.6 is 0 Å². The molecular formula is C18H18F3NO3S. The minimum atomic E-state index is -4.30. The number of rotatable bonds is 4. The minimum Gasteiger partial charge on any atom is -0.381 e. The van der Waals surface area contributed by atoms with Crippen LogP contribution in [0.3, 0.4) is 0 Å². The smallest absolute Gasteiger partial charge is 0.244 e. The third-order valence-electron chi connectivity index (χ3n) is 4.56. The Bertz CT molecular complexity index is 905. The molecule has 140 valence electrons. The molecule has 1 saturated heterocycles. The molecule has 0 spiro atoms. The lowest BCUT2D eigenvalue weighted by Gasteiger charge is -2.38. The van der Waals surface area contributed by atoms with Crippen molar-refractivity contribution in [2.75, 3.05) is 13.2 Å². The number of benzene rings is 2. The van der Waals surface area contributed by atoms with E-state index >= 15 is 0 Å². The standard InChI is InChI=1S/C18H18F3NO3S/c1-12-3-2-4-15(20)17(12)26(23,24)22-18(7-9-25-10-8-18)14-6-5-13(19)11-16(14)21/h2-6,11,22H,7-10H2,1H3. The van der Waals surface area contributed by atoms with Gasteiger partial charge in [-0.15, -0.1) is 0 Å². The van der Waals surface area contributed by atoms with Crippen LogP contribution < -0.4 is 4.72 Å². The molecule has 1 fully saturated rings. The molecule has 0 amide bonds. The van der Waals surface area contributed by atoms with E-state index in [4.69, 9.17) is 4.74 Å². The van der Waals surface area contributed by atoms with Gasteiger partial charge in [0, 0.05) is 24.8 Å². The van der Waals surface area contributed by atoms with Crippen LogP contribution in [0.1, 0.15) is 24.0 Å². The molecule has 4 nitrogen and oxygen atoms in total. The fourth-order valence-electron chi connectivity index (χ4n) is 3.29. The van der Waals surface area contributed by atoms with Gasteiger partial charge >= 0.3 is 0 Å². The topological polar surface area (TPSA) is 55.4 Å². The van der Waals surface area contributed by atoms with E-state index in [1.54, 1.807) is 0 Å². The SMILES string of the molecule is Cc1cccc(F)c1S(=O)(=O)NC1(c2ccc(F)cc2F)CCOCC1. The first-order chi connectivity index (χ1) is 12.3. The Hall–Kier alpha value is -1.90. The van der Waals surface area contributed by atoms with Gasteiger partial charge in [-0.1, -0.05) is 18.2 Å². The molecule has 2 aromatic carbocycles. The molecule has 0 radical (unpaired) electrons. The minimum absolute atomic E-state index is 0.0137. The lowest BCUT2D eigenvalue weighted by atomic mass is 9.83. The Labute approximate surface area is 150 Å². The van der Waals surface area contributed by atoms with E-state index in [2.05, 4.69) is 4.72 Å². The summed E-state index contributed by atoms with van der Waals surface area (Å²) in [6.07, 6.45) is 0.282. The summed E-state index contributed by atoms with van der Waals surface area (Å²) in [5.74, 6) is -2.51. The predicted molar refractivity (Wildman–Crippen MR) is 89.5 cm³/mol. The number of nitrogens with one attached hydrogen (secondary N) is 1. The van der Waals surface area contributed by atoms with Crippen molar-refractivity contribution in [2.24, 2.45) is 0 Å². The van der Waals surface area contributed by atoms with E-state index in [0.29, 0.717) is 6.07 Å². The molecule has 8 heteroatoms. The molecule has 0 bridgehead atoms. The number of hydrogen-bond acceptors (Lipinski definition) is 3. The zero-order chi connectivity index (χ0) is 18.9. The molecule has 0 saturated carbocycles. The van der Waals surface area contributed by atoms with E-state index in [1.807, 2.05) is 0 Å². The third-order valence-corrected chi connectivity index (χ3v) is 6.27. The van der Waals surface area contributed by atoms with Gasteiger partial charge in [0.25, 0.3) is 0 Å². The van der Waals surface area contributed by atoms with Crippen molar-refractivity contribution in [3.05, 3.63) is 65.0 Å². The maximum atomic E-state index is 14.4. The Balaban J connectivity index is 2.10. The second-order valence-electron chi connectivity index (χ2n) is 6.31. The van der Waals surface area contributed by atoms with Gasteiger partial charge in [0.05, 0.1) is 5.54 Å². The summed E-state index contributed by atoms with van der Waals surface area (Å²) < 4.78 is 75.5. The Morgan fingerprint density at radius 3 is 2.35 bits per heavy atom. The Morgan fingerprint density at radius 1 is 1.04 bits per heavy atom. The maximum Gasteiger partial charge on any atom is 0.244 e. The summed E-state index contributed by atoms with van der Waals surface area (Å²) in [4.78, 5) is -0.478. The maximum absolute atomic E-state index is 14.4. The lowest BCUT2D eigenvalue weighted by molar-refractivity contribution is 0.0446. The van der Waals surface area contributed by atoms with Crippen LogP contribution in [0.15, 0.2) is 41.3 Å². The van der Waals surface area contributed by atoms with Crippen LogP contribution in [0.4, 0.5) is 13.2 Å². The number of halogens is 3. The largest absolute Gasteiger partial charge is 0.381 e. The number of hydrogen-bond donors (Lipinski definition) is 1. The van der Waals surface area contributed by atoms with Crippen molar-refractivity contribution >= 4 is 10.0 Å². The monoisotopic (exact) mass is 385 g/mol. The molecule has 3 rings (SSSR count). The van der Waals surface area contributed by atoms with Gasteiger partial charge in [0.1, 0.15) is 22.3 Å². The van der Waals surface area contributed by atoms with Crippen LogP contribution in [-0.4, -0.2) is 21.6 Å². The highest BCUT2D eigenvalue weighted by Crippen LogP contribution is 2.36. The van der Waals surface area contributed by atoms with Crippen LogP contribution in [0.5, 0.6) is 0 Å². The Kier molecular flexibility index (Phi) is 5.09. The summed E-state index contributed by atoms with van der Waals surface area (Å²) in [5.41, 5.74) is -1.09. The van der Waals surface area contributed by atoms with Gasteiger partial charge in [0.2, 0.25) is 10.0 Å². The van der Waals surface area contributed by atoms with Crippen LogP contribution in [-0.2, 0) is 20.3 Å². The normalized spacial score (nSPS) is 17.2. The molecule has 26 heavy (non-hydrogen) atoms. The first-order valence-corrected chi connectivity index (χ1v) is 9.56. The third kappa shape index (κ3) is 3.49. The first kappa shape index (κ1) is 18.9. The average molecular weight is 385 g/mol. The second kappa shape index (κ2) is 7.02. The highest BCUT2D eigenvalue weighted by Gasteiger charge is 2.41. The predicted octanol–water partition coefficient (Wildman–Crippen LogP) is 3.40. The quantitative estimate of drug-likeness (QED) is 0.878. The van der Waals surface area contributed by atoms with E-state index in [9.17, 15) is 21.6 Å². The van der Waals surface area contributed by atoms with E-state index < -0.39 is 37.9 Å². The molecule has 1 aliphatic heterocycles. The zero-order valence-electron chi connectivity index (χ0n) is 14.1. The van der Waals surface area contributed by atoms with E-state index in [-0.39, 0.29) is 37.2 Å². The molecule has 2 aromatic rings. The molecule has 0 unspecified atom stereocenters. The zero-order valence-corrected chi connectivity index (χ0v) is 14.9. The van der Waals surface area contributed by atoms with Gasteiger partial charge in [-0.05, 0) is 37.5 Å². The van der Waals surface area contributed by atoms with Crippen molar-refractivity contribution in [1.29, 1.82) is 0 Å². The highest BCUT2D eigenvalue weighted by atomic mass is 32.2. The summed E-state index contributed by atoms with van der Waals surface area (Å²) in [6.45, 7) is 1.86. The van der Waals surface area contributed by atoms with E-state index in [1.165, 1.54) is 25.1 Å². The van der Waals surface area contributed by atoms with Crippen LogP contribution in [0.2, 0.25) is 0 Å². The van der Waals surface area contributed by atoms with Crippen molar-refractivity contribution < 1.29 is 26.3 Å². The average Bonchev–Trinajstić information content (AvgIpc) is 2.54. The molecule has 0 aliphatic carbocycles. The molecule has 1 aliphatic rings. The number of aryl methyl sites for hydroxylation is 1. The Morgan fingerprint density at radius 2 is 1.73 bits per heavy atom. The second-order valence-corrected chi connectivity index (χ2v) is 7.93. The molecule has 0 aromatic heterocycles. The molecule has 1 heterocycles. The number of sulfonamides is 1. The highest BCUT2D eigenvalue weighted by molar-refractivity contribution is 7.89. The molecular weight excluding hydrogens is 367 g/mol. The van der Waals surface area contributed by atoms with E-state index in [0.717, 1.165) is 12.1 Å². The molecule has 0 atom stereocenters. The van der Waals surface area contributed by atoms with Gasteiger partial charge in [0.15, 0.2) is 0 Å². The van der Waals surface area contributed by atoms with Gasteiger partial charge in [-0.25, -0.2) is 26.3 Å². The van der Waals surface area contributed by atoms with Gasteiger partial charge in [-0.2, -0.15) is 0 Å². The first-order valence-electron chi connectivity index (χ1n) is 8.08. The summed E-state index contributed by atoms with van der Waals surface area (Å²) in [6, 6.07) is 6.93. The summed E-state index contributed by atoms with van der Waals surface area (Å²) >= 11 is 0. The van der Waals surface area contributed by atoms with Crippen LogP contribution in [0, 0.1) is 24.4 Å². The fraction of sp³-hybridized carbons (Fsp3) is 0.333. The number of ether oxygens (including phenoxy) is 1. The van der Waals surface area contributed by atoms with Crippen molar-refractivity contribution in [2.45, 2.75) is 30.2 Å². The lowest BCUT2D eigenvalue weighted by Crippen LogP contribution is -2.50. The molecule has 1 N–H and O–H groups in total. The van der Waals surface area contributed by atoms with Gasteiger partial charge in [-0.3, -0.25) is 0 Å². The summed E-state index contributed by atoms with van der Waals surface area (Å²) in [7, 11) is -4.30. The van der Waals surface area contributed by atoms with Crippen LogP contribution in [0.25, 0.3) is 0 Å². The van der Waals surface area contributed by atoms with Crippen molar-refractivity contribution in [3.8, 4) is 0 Å².